The third kappa shape index (κ3) is 8.79. The van der Waals surface area contributed by atoms with E-state index in [1.807, 2.05) is 0 Å². The van der Waals surface area contributed by atoms with Gasteiger partial charge in [0.1, 0.15) is 0 Å². The number of rotatable bonds is 7. The van der Waals surface area contributed by atoms with Crippen LogP contribution >= 0.6 is 0 Å². The monoisotopic (exact) mass is 421 g/mol. The van der Waals surface area contributed by atoms with Gasteiger partial charge in [-0.1, -0.05) is 30.3 Å². The Bertz CT molecular complexity index is 615. The van der Waals surface area contributed by atoms with Crippen molar-refractivity contribution in [3.8, 4) is 0 Å². The van der Waals surface area contributed by atoms with Crippen molar-refractivity contribution < 1.29 is 24.9 Å². The number of aliphatic hydroxyl groups excluding tert-OH is 1. The highest BCUT2D eigenvalue weighted by molar-refractivity contribution is 6.27. The Morgan fingerprint density at radius 2 is 1.40 bits per heavy atom. The van der Waals surface area contributed by atoms with Gasteiger partial charge < -0.3 is 20.2 Å². The Hall–Kier alpha value is -2.00. The van der Waals surface area contributed by atoms with Gasteiger partial charge in [-0.2, -0.15) is 0 Å². The van der Waals surface area contributed by atoms with Crippen LogP contribution in [0.5, 0.6) is 0 Å². The molecule has 0 radical (unpaired) electrons. The number of aliphatic carboxylic acids is 2. The van der Waals surface area contributed by atoms with Crippen LogP contribution in [-0.2, 0) is 16.0 Å². The number of carboxylic acids is 2. The van der Waals surface area contributed by atoms with E-state index >= 15 is 0 Å². The Labute approximate surface area is 178 Å². The second-order valence-electron chi connectivity index (χ2n) is 7.87. The average Bonchev–Trinajstić information content (AvgIpc) is 2.76. The lowest BCUT2D eigenvalue weighted by molar-refractivity contribution is -0.159. The lowest BCUT2D eigenvalue weighted by Crippen LogP contribution is -2.53. The van der Waals surface area contributed by atoms with E-state index in [1.165, 1.54) is 64.0 Å². The molecule has 1 aromatic rings. The molecule has 0 atom stereocenters. The van der Waals surface area contributed by atoms with Crippen molar-refractivity contribution in [3.05, 3.63) is 35.9 Å². The second-order valence-corrected chi connectivity index (χ2v) is 7.87. The number of aryl methyl sites for hydroxylation is 1. The first-order valence-corrected chi connectivity index (χ1v) is 10.8. The fraction of sp³-hybridized carbons (Fsp3) is 0.636. The SMILES string of the molecule is O=C(O)C(=O)O.OCCN1CCN(C2CCN(CCCc3ccccc3)CC2)CC1. The third-order valence-electron chi connectivity index (χ3n) is 5.86. The molecular weight excluding hydrogens is 386 g/mol. The van der Waals surface area contributed by atoms with Gasteiger partial charge in [0.05, 0.1) is 6.61 Å². The average molecular weight is 422 g/mol. The second kappa shape index (κ2) is 13.3. The minimum atomic E-state index is -1.82. The van der Waals surface area contributed by atoms with E-state index in [2.05, 4.69) is 45.0 Å². The number of hydrogen-bond acceptors (Lipinski definition) is 6. The molecule has 0 unspecified atom stereocenters. The molecule has 2 fully saturated rings. The highest BCUT2D eigenvalue weighted by atomic mass is 16.4. The molecule has 0 aliphatic carbocycles. The van der Waals surface area contributed by atoms with Crippen LogP contribution in [0.2, 0.25) is 0 Å². The molecule has 2 aliphatic heterocycles. The molecule has 0 saturated carbocycles. The van der Waals surface area contributed by atoms with Crippen LogP contribution in [-0.4, -0.2) is 107 Å². The molecule has 2 heterocycles. The van der Waals surface area contributed by atoms with Gasteiger partial charge in [-0.3, -0.25) is 9.80 Å². The van der Waals surface area contributed by atoms with Crippen molar-refractivity contribution in [1.82, 2.24) is 14.7 Å². The molecule has 0 spiro atoms. The number of piperazine rings is 1. The lowest BCUT2D eigenvalue weighted by atomic mass is 10.0. The van der Waals surface area contributed by atoms with Crippen LogP contribution in [0.25, 0.3) is 0 Å². The maximum Gasteiger partial charge on any atom is 0.414 e. The molecule has 0 bridgehead atoms. The van der Waals surface area contributed by atoms with Crippen molar-refractivity contribution in [2.75, 3.05) is 59.0 Å². The van der Waals surface area contributed by atoms with Gasteiger partial charge in [-0.25, -0.2) is 9.59 Å². The molecule has 30 heavy (non-hydrogen) atoms. The van der Waals surface area contributed by atoms with Gasteiger partial charge in [0.15, 0.2) is 0 Å². The van der Waals surface area contributed by atoms with Gasteiger partial charge >= 0.3 is 11.9 Å². The molecule has 8 heteroatoms. The number of benzene rings is 1. The van der Waals surface area contributed by atoms with Crippen LogP contribution in [0.4, 0.5) is 0 Å². The summed E-state index contributed by atoms with van der Waals surface area (Å²) >= 11 is 0. The van der Waals surface area contributed by atoms with Crippen LogP contribution in [0, 0.1) is 0 Å². The van der Waals surface area contributed by atoms with E-state index in [1.54, 1.807) is 0 Å². The predicted molar refractivity (Wildman–Crippen MR) is 115 cm³/mol. The quantitative estimate of drug-likeness (QED) is 0.557. The Morgan fingerprint density at radius 3 is 1.93 bits per heavy atom. The molecule has 0 amide bonds. The van der Waals surface area contributed by atoms with E-state index in [-0.39, 0.29) is 0 Å². The summed E-state index contributed by atoms with van der Waals surface area (Å²) in [6.45, 7) is 9.50. The molecule has 2 saturated heterocycles. The lowest BCUT2D eigenvalue weighted by Gasteiger charge is -2.42. The first-order valence-electron chi connectivity index (χ1n) is 10.8. The standard InChI is InChI=1S/C20H33N3O.C2H2O4/c24-18-17-22-13-15-23(16-14-22)20-8-11-21(12-9-20)10-4-7-19-5-2-1-3-6-19;3-1(4)2(5)6/h1-3,5-6,20,24H,4,7-18H2;(H,3,4)(H,5,6). The van der Waals surface area contributed by atoms with Gasteiger partial charge in [-0.15, -0.1) is 0 Å². The van der Waals surface area contributed by atoms with Gasteiger partial charge in [0.25, 0.3) is 0 Å². The summed E-state index contributed by atoms with van der Waals surface area (Å²) in [4.78, 5) is 25.9. The number of carboxylic acid groups (broad SMARTS) is 2. The summed E-state index contributed by atoms with van der Waals surface area (Å²) in [5.41, 5.74) is 1.47. The summed E-state index contributed by atoms with van der Waals surface area (Å²) in [7, 11) is 0. The number of carbonyl (C=O) groups is 2. The smallest absolute Gasteiger partial charge is 0.414 e. The van der Waals surface area contributed by atoms with Crippen LogP contribution in [0.3, 0.4) is 0 Å². The minimum absolute atomic E-state index is 0.293. The molecule has 8 nitrogen and oxygen atoms in total. The molecule has 3 rings (SSSR count). The van der Waals surface area contributed by atoms with Crippen LogP contribution in [0.1, 0.15) is 24.8 Å². The molecule has 0 aromatic heterocycles. The highest BCUT2D eigenvalue weighted by Crippen LogP contribution is 2.18. The molecule has 3 N–H and O–H groups in total. The normalized spacial score (nSPS) is 19.1. The third-order valence-corrected chi connectivity index (χ3v) is 5.86. The van der Waals surface area contributed by atoms with E-state index in [0.29, 0.717) is 6.61 Å². The number of likely N-dealkylation sites (tertiary alicyclic amines) is 1. The summed E-state index contributed by atoms with van der Waals surface area (Å²) < 4.78 is 0. The zero-order valence-electron chi connectivity index (χ0n) is 17.7. The van der Waals surface area contributed by atoms with E-state index in [9.17, 15) is 0 Å². The number of aliphatic hydroxyl groups is 1. The first kappa shape index (κ1) is 24.3. The largest absolute Gasteiger partial charge is 0.473 e. The fourth-order valence-corrected chi connectivity index (χ4v) is 4.15. The molecular formula is C22H35N3O5. The summed E-state index contributed by atoms with van der Waals surface area (Å²) in [5.74, 6) is -3.65. The van der Waals surface area contributed by atoms with Crippen molar-refractivity contribution in [3.63, 3.8) is 0 Å². The van der Waals surface area contributed by atoms with E-state index in [0.717, 1.165) is 25.7 Å². The topological polar surface area (TPSA) is 105 Å². The molecule has 1 aromatic carbocycles. The van der Waals surface area contributed by atoms with E-state index < -0.39 is 11.9 Å². The number of β-amino-alcohol motifs (C(OH)–C–C–N with tert-alkyl or cyclic N) is 1. The minimum Gasteiger partial charge on any atom is -0.473 e. The maximum atomic E-state index is 9.10. The first-order chi connectivity index (χ1) is 14.5. The number of piperidine rings is 1. The zero-order valence-corrected chi connectivity index (χ0v) is 17.7. The highest BCUT2D eigenvalue weighted by Gasteiger charge is 2.26. The van der Waals surface area contributed by atoms with Crippen LogP contribution in [0.15, 0.2) is 30.3 Å². The Kier molecular flexibility index (Phi) is 10.8. The van der Waals surface area contributed by atoms with Crippen molar-refractivity contribution in [2.45, 2.75) is 31.7 Å². The van der Waals surface area contributed by atoms with Gasteiger partial charge in [0, 0.05) is 38.8 Å². The van der Waals surface area contributed by atoms with Crippen molar-refractivity contribution >= 4 is 11.9 Å². The van der Waals surface area contributed by atoms with Gasteiger partial charge in [-0.05, 0) is 50.9 Å². The zero-order chi connectivity index (χ0) is 21.8. The number of nitrogens with zero attached hydrogens (tertiary/aromatic N) is 3. The van der Waals surface area contributed by atoms with Crippen molar-refractivity contribution in [1.29, 1.82) is 0 Å². The maximum absolute atomic E-state index is 9.10. The molecule has 2 aliphatic rings. The van der Waals surface area contributed by atoms with Crippen molar-refractivity contribution in [2.24, 2.45) is 0 Å². The fourth-order valence-electron chi connectivity index (χ4n) is 4.15. The summed E-state index contributed by atoms with van der Waals surface area (Å²) in [5, 5.41) is 23.8. The Morgan fingerprint density at radius 1 is 0.833 bits per heavy atom. The Balaban J connectivity index is 0.000000469. The van der Waals surface area contributed by atoms with E-state index in [4.69, 9.17) is 24.9 Å². The predicted octanol–water partition coefficient (Wildman–Crippen LogP) is 0.849. The summed E-state index contributed by atoms with van der Waals surface area (Å²) in [6, 6.07) is 11.6. The molecule has 168 valence electrons. The number of hydrogen-bond donors (Lipinski definition) is 3. The summed E-state index contributed by atoms with van der Waals surface area (Å²) in [6.07, 6.45) is 5.12. The van der Waals surface area contributed by atoms with Crippen LogP contribution < -0.4 is 0 Å². The van der Waals surface area contributed by atoms with Gasteiger partial charge in [0.2, 0.25) is 0 Å².